The second-order valence-electron chi connectivity index (χ2n) is 5.13. The number of aromatic carboxylic acids is 1. The molecule has 0 radical (unpaired) electrons. The maximum Gasteiger partial charge on any atom is 0.335 e. The molecule has 3 rings (SSSR count). The van der Waals surface area contributed by atoms with Gasteiger partial charge in [-0.15, -0.1) is 0 Å². The lowest BCUT2D eigenvalue weighted by atomic mass is 10.0. The summed E-state index contributed by atoms with van der Waals surface area (Å²) >= 11 is 1.95. The first-order valence-corrected chi connectivity index (χ1v) is 7.84. The zero-order chi connectivity index (χ0) is 14.1. The number of imidazole rings is 1. The number of carboxylic acid groups (broad SMARTS) is 1. The van der Waals surface area contributed by atoms with Crippen LogP contribution < -0.4 is 5.69 Å². The first-order valence-electron chi connectivity index (χ1n) is 6.69. The van der Waals surface area contributed by atoms with E-state index >= 15 is 0 Å². The highest BCUT2D eigenvalue weighted by atomic mass is 32.2. The number of benzene rings is 1. The Hall–Kier alpha value is -1.69. The van der Waals surface area contributed by atoms with Crippen LogP contribution in [0.15, 0.2) is 23.0 Å². The van der Waals surface area contributed by atoms with Crippen LogP contribution in [0.5, 0.6) is 0 Å². The maximum absolute atomic E-state index is 12.0. The Morgan fingerprint density at radius 3 is 2.85 bits per heavy atom. The lowest BCUT2D eigenvalue weighted by Crippen LogP contribution is -2.24. The van der Waals surface area contributed by atoms with Gasteiger partial charge in [0.25, 0.3) is 0 Å². The van der Waals surface area contributed by atoms with Crippen molar-refractivity contribution >= 4 is 28.8 Å². The number of hydrogen-bond donors (Lipinski definition) is 2. The number of thioether (sulfide) groups is 1. The molecule has 1 aliphatic heterocycles. The number of H-pyrrole nitrogens is 1. The van der Waals surface area contributed by atoms with E-state index in [2.05, 4.69) is 4.98 Å². The number of nitrogens with zero attached hydrogens (tertiary/aromatic N) is 1. The number of fused-ring (bicyclic) bond motifs is 1. The molecule has 6 heteroatoms. The average Bonchev–Trinajstić information content (AvgIpc) is 2.75. The molecule has 106 valence electrons. The second kappa shape index (κ2) is 5.36. The van der Waals surface area contributed by atoms with Gasteiger partial charge >= 0.3 is 11.7 Å². The molecular weight excluding hydrogens is 276 g/mol. The number of hydrogen-bond acceptors (Lipinski definition) is 3. The molecule has 2 N–H and O–H groups in total. The summed E-state index contributed by atoms with van der Waals surface area (Å²) in [5.41, 5.74) is 1.45. The van der Waals surface area contributed by atoms with Crippen LogP contribution >= 0.6 is 11.8 Å². The zero-order valence-electron chi connectivity index (χ0n) is 11.0. The Balaban J connectivity index is 1.99. The number of aromatic amines is 1. The summed E-state index contributed by atoms with van der Waals surface area (Å²) in [6, 6.07) is 4.75. The minimum atomic E-state index is -0.971. The van der Waals surface area contributed by atoms with E-state index in [9.17, 15) is 9.59 Å². The third-order valence-corrected chi connectivity index (χ3v) is 4.85. The van der Waals surface area contributed by atoms with Crippen LogP contribution in [0.25, 0.3) is 11.0 Å². The largest absolute Gasteiger partial charge is 0.478 e. The summed E-state index contributed by atoms with van der Waals surface area (Å²) in [5, 5.41) is 9.06. The summed E-state index contributed by atoms with van der Waals surface area (Å²) in [5.74, 6) is 1.81. The molecule has 0 saturated carbocycles. The van der Waals surface area contributed by atoms with Gasteiger partial charge in [0.05, 0.1) is 16.6 Å². The molecule has 2 aromatic rings. The van der Waals surface area contributed by atoms with E-state index < -0.39 is 5.97 Å². The van der Waals surface area contributed by atoms with Crippen molar-refractivity contribution in [2.75, 3.05) is 11.5 Å². The van der Waals surface area contributed by atoms with Crippen molar-refractivity contribution in [3.05, 3.63) is 34.2 Å². The fourth-order valence-corrected chi connectivity index (χ4v) is 3.86. The van der Waals surface area contributed by atoms with Crippen molar-refractivity contribution in [3.8, 4) is 0 Å². The van der Waals surface area contributed by atoms with Crippen LogP contribution in [-0.2, 0) is 6.54 Å². The van der Waals surface area contributed by atoms with Gasteiger partial charge in [-0.25, -0.2) is 9.59 Å². The molecule has 0 unspecified atom stereocenters. The molecule has 2 heterocycles. The summed E-state index contributed by atoms with van der Waals surface area (Å²) in [6.07, 6.45) is 2.23. The molecule has 0 bridgehead atoms. The predicted molar refractivity (Wildman–Crippen MR) is 79.6 cm³/mol. The molecule has 0 spiro atoms. The van der Waals surface area contributed by atoms with Gasteiger partial charge in [-0.05, 0) is 48.5 Å². The summed E-state index contributed by atoms with van der Waals surface area (Å²) in [7, 11) is 0. The normalized spacial score (nSPS) is 16.6. The maximum atomic E-state index is 12.0. The zero-order valence-corrected chi connectivity index (χ0v) is 11.8. The highest BCUT2D eigenvalue weighted by Gasteiger charge is 2.17. The Morgan fingerprint density at radius 2 is 2.15 bits per heavy atom. The van der Waals surface area contributed by atoms with Gasteiger partial charge in [0.2, 0.25) is 0 Å². The van der Waals surface area contributed by atoms with Crippen LogP contribution in [-0.4, -0.2) is 32.1 Å². The summed E-state index contributed by atoms with van der Waals surface area (Å²) in [4.78, 5) is 25.9. The van der Waals surface area contributed by atoms with Gasteiger partial charge in [0.15, 0.2) is 0 Å². The van der Waals surface area contributed by atoms with Crippen molar-refractivity contribution < 1.29 is 9.90 Å². The molecule has 0 atom stereocenters. The standard InChI is InChI=1S/C14H16N2O3S/c17-13(18)10-1-2-11-12(7-10)16(14(19)15-11)8-9-3-5-20-6-4-9/h1-2,7,9H,3-6,8H2,(H,15,19)(H,17,18). The first kappa shape index (κ1) is 13.3. The highest BCUT2D eigenvalue weighted by molar-refractivity contribution is 7.99. The van der Waals surface area contributed by atoms with Gasteiger partial charge in [-0.3, -0.25) is 4.57 Å². The van der Waals surface area contributed by atoms with E-state index in [-0.39, 0.29) is 11.3 Å². The number of nitrogens with one attached hydrogen (secondary N) is 1. The smallest absolute Gasteiger partial charge is 0.335 e. The molecule has 20 heavy (non-hydrogen) atoms. The molecule has 1 saturated heterocycles. The third kappa shape index (κ3) is 2.47. The van der Waals surface area contributed by atoms with Gasteiger partial charge in [0, 0.05) is 6.54 Å². The quantitative estimate of drug-likeness (QED) is 0.909. The van der Waals surface area contributed by atoms with Crippen LogP contribution in [0, 0.1) is 5.92 Å². The molecule has 5 nitrogen and oxygen atoms in total. The van der Waals surface area contributed by atoms with Crippen molar-refractivity contribution in [3.63, 3.8) is 0 Å². The van der Waals surface area contributed by atoms with E-state index in [0.717, 1.165) is 24.3 Å². The number of carboxylic acids is 1. The van der Waals surface area contributed by atoms with E-state index in [1.54, 1.807) is 16.7 Å². The monoisotopic (exact) mass is 292 g/mol. The van der Waals surface area contributed by atoms with Crippen molar-refractivity contribution in [1.82, 2.24) is 9.55 Å². The van der Waals surface area contributed by atoms with Crippen LogP contribution in [0.2, 0.25) is 0 Å². The number of aromatic nitrogens is 2. The van der Waals surface area contributed by atoms with Crippen LogP contribution in [0.4, 0.5) is 0 Å². The van der Waals surface area contributed by atoms with Gasteiger partial charge in [-0.1, -0.05) is 0 Å². The fraction of sp³-hybridized carbons (Fsp3) is 0.429. The molecule has 1 aliphatic rings. The molecule has 0 amide bonds. The predicted octanol–water partition coefficient (Wildman–Crippen LogP) is 2.17. The minimum absolute atomic E-state index is 0.152. The lowest BCUT2D eigenvalue weighted by Gasteiger charge is -2.21. The molecule has 1 aromatic carbocycles. The van der Waals surface area contributed by atoms with Crippen molar-refractivity contribution in [2.24, 2.45) is 5.92 Å². The van der Waals surface area contributed by atoms with Gasteiger partial charge < -0.3 is 10.1 Å². The molecule has 1 aromatic heterocycles. The lowest BCUT2D eigenvalue weighted by molar-refractivity contribution is 0.0697. The van der Waals surface area contributed by atoms with Crippen molar-refractivity contribution in [2.45, 2.75) is 19.4 Å². The van der Waals surface area contributed by atoms with E-state index in [1.807, 2.05) is 11.8 Å². The number of rotatable bonds is 3. The topological polar surface area (TPSA) is 75.1 Å². The Morgan fingerprint density at radius 1 is 1.40 bits per heavy atom. The van der Waals surface area contributed by atoms with Crippen LogP contribution in [0.1, 0.15) is 23.2 Å². The SMILES string of the molecule is O=C(O)c1ccc2[nH]c(=O)n(CC3CCSCC3)c2c1. The number of carbonyl (C=O) groups is 1. The third-order valence-electron chi connectivity index (χ3n) is 3.80. The second-order valence-corrected chi connectivity index (χ2v) is 6.36. The molecule has 0 aliphatic carbocycles. The van der Waals surface area contributed by atoms with E-state index in [4.69, 9.17) is 5.11 Å². The molecule has 1 fully saturated rings. The fourth-order valence-electron chi connectivity index (χ4n) is 2.65. The van der Waals surface area contributed by atoms with E-state index in [1.165, 1.54) is 6.07 Å². The first-order chi connectivity index (χ1) is 9.65. The van der Waals surface area contributed by atoms with Crippen LogP contribution in [0.3, 0.4) is 0 Å². The Labute approximate surface area is 120 Å². The molecular formula is C14H16N2O3S. The Kier molecular flexibility index (Phi) is 3.56. The van der Waals surface area contributed by atoms with E-state index in [0.29, 0.717) is 23.5 Å². The summed E-state index contributed by atoms with van der Waals surface area (Å²) < 4.78 is 1.68. The highest BCUT2D eigenvalue weighted by Crippen LogP contribution is 2.25. The van der Waals surface area contributed by atoms with Gasteiger partial charge in [-0.2, -0.15) is 11.8 Å². The van der Waals surface area contributed by atoms with Gasteiger partial charge in [0.1, 0.15) is 0 Å². The minimum Gasteiger partial charge on any atom is -0.478 e. The average molecular weight is 292 g/mol. The summed E-state index contributed by atoms with van der Waals surface area (Å²) in [6.45, 7) is 0.669. The van der Waals surface area contributed by atoms with Crippen molar-refractivity contribution in [1.29, 1.82) is 0 Å². The Bertz CT molecular complexity index is 698.